The highest BCUT2D eigenvalue weighted by Crippen LogP contribution is 2.25. The van der Waals surface area contributed by atoms with E-state index in [1.165, 1.54) is 5.56 Å². The summed E-state index contributed by atoms with van der Waals surface area (Å²) in [5.41, 5.74) is 3.45. The first kappa shape index (κ1) is 17.4. The minimum absolute atomic E-state index is 0.745. The smallest absolute Gasteiger partial charge is 0.136 e. The van der Waals surface area contributed by atoms with Gasteiger partial charge in [-0.25, -0.2) is 9.97 Å². The van der Waals surface area contributed by atoms with Crippen LogP contribution in [0, 0.1) is 13.8 Å². The number of benzene rings is 2. The summed E-state index contributed by atoms with van der Waals surface area (Å²) in [4.78, 5) is 11.2. The van der Waals surface area contributed by atoms with Crippen molar-refractivity contribution in [2.24, 2.45) is 0 Å². The van der Waals surface area contributed by atoms with Gasteiger partial charge in [-0.15, -0.1) is 0 Å². The van der Waals surface area contributed by atoms with Crippen molar-refractivity contribution in [2.75, 3.05) is 17.3 Å². The van der Waals surface area contributed by atoms with Crippen molar-refractivity contribution in [3.05, 3.63) is 76.0 Å². The van der Waals surface area contributed by atoms with E-state index < -0.39 is 0 Å². The second-order valence-electron chi connectivity index (χ2n) is 6.08. The van der Waals surface area contributed by atoms with E-state index in [-0.39, 0.29) is 0 Å². The zero-order valence-electron chi connectivity index (χ0n) is 14.6. The van der Waals surface area contributed by atoms with Crippen LogP contribution in [0.15, 0.2) is 59.1 Å². The first-order chi connectivity index (χ1) is 12.0. The molecule has 3 rings (SSSR count). The third kappa shape index (κ3) is 4.57. The van der Waals surface area contributed by atoms with Crippen LogP contribution in [0.3, 0.4) is 0 Å². The number of anilines is 3. The topological polar surface area (TPSA) is 41.1 Å². The van der Waals surface area contributed by atoms with Crippen LogP contribution in [0.4, 0.5) is 17.3 Å². The molecule has 1 aromatic heterocycles. The van der Waals surface area contributed by atoms with Gasteiger partial charge in [0.2, 0.25) is 0 Å². The lowest BCUT2D eigenvalue weighted by atomic mass is 10.2. The molecule has 0 radical (unpaired) electrons. The number of hydrogen-bond acceptors (Lipinski definition) is 4. The van der Waals surface area contributed by atoms with E-state index >= 15 is 0 Å². The molecule has 128 valence electrons. The number of hydrogen-bond donors (Lipinski definition) is 1. The minimum atomic E-state index is 0.745. The molecule has 1 N–H and O–H groups in total. The quantitative estimate of drug-likeness (QED) is 0.640. The molecule has 4 nitrogen and oxygen atoms in total. The summed E-state index contributed by atoms with van der Waals surface area (Å²) in [6, 6.07) is 18.5. The monoisotopic (exact) mass is 396 g/mol. The first-order valence-corrected chi connectivity index (χ1v) is 8.94. The Hall–Kier alpha value is -2.40. The van der Waals surface area contributed by atoms with Gasteiger partial charge in [0.05, 0.1) is 0 Å². The fraction of sp³-hybridized carbons (Fsp3) is 0.200. The van der Waals surface area contributed by atoms with E-state index in [1.54, 1.807) is 0 Å². The predicted octanol–water partition coefficient (Wildman–Crippen LogP) is 5.24. The highest BCUT2D eigenvalue weighted by molar-refractivity contribution is 9.10. The molecule has 0 aliphatic carbocycles. The maximum Gasteiger partial charge on any atom is 0.136 e. The predicted molar refractivity (Wildman–Crippen MR) is 107 cm³/mol. The van der Waals surface area contributed by atoms with Crippen molar-refractivity contribution in [1.82, 2.24) is 9.97 Å². The van der Waals surface area contributed by atoms with Gasteiger partial charge in [0.15, 0.2) is 0 Å². The third-order valence-corrected chi connectivity index (χ3v) is 4.42. The average molecular weight is 397 g/mol. The van der Waals surface area contributed by atoms with Gasteiger partial charge < -0.3 is 10.2 Å². The van der Waals surface area contributed by atoms with Gasteiger partial charge in [0.1, 0.15) is 17.5 Å². The zero-order chi connectivity index (χ0) is 17.8. The average Bonchev–Trinajstić information content (AvgIpc) is 2.58. The second kappa shape index (κ2) is 7.66. The molecule has 0 fully saturated rings. The van der Waals surface area contributed by atoms with E-state index in [2.05, 4.69) is 73.4 Å². The van der Waals surface area contributed by atoms with Gasteiger partial charge in [-0.2, -0.15) is 0 Å². The van der Waals surface area contributed by atoms with Crippen molar-refractivity contribution >= 4 is 33.3 Å². The lowest BCUT2D eigenvalue weighted by Crippen LogP contribution is -2.18. The Bertz CT molecular complexity index is 865. The maximum absolute atomic E-state index is 4.58. The number of nitrogens with zero attached hydrogens (tertiary/aromatic N) is 3. The Morgan fingerprint density at radius 2 is 1.76 bits per heavy atom. The number of rotatable bonds is 5. The van der Waals surface area contributed by atoms with E-state index in [9.17, 15) is 0 Å². The van der Waals surface area contributed by atoms with Crippen molar-refractivity contribution in [1.29, 1.82) is 0 Å². The Balaban J connectivity index is 1.82. The molecule has 0 atom stereocenters. The standard InChI is InChI=1S/C20H21BrN4/c1-14-11-17(21)9-10-18(14)24-19-12-20(23-15(2)22-19)25(3)13-16-7-5-4-6-8-16/h4-12H,13H2,1-3H3,(H,22,23,24). The van der Waals surface area contributed by atoms with Crippen molar-refractivity contribution in [2.45, 2.75) is 20.4 Å². The van der Waals surface area contributed by atoms with Crippen molar-refractivity contribution in [3.63, 3.8) is 0 Å². The molecule has 1 heterocycles. The van der Waals surface area contributed by atoms with E-state index in [0.717, 1.165) is 39.7 Å². The fourth-order valence-electron chi connectivity index (χ4n) is 2.66. The molecule has 5 heteroatoms. The molecule has 2 aromatic carbocycles. The Morgan fingerprint density at radius 1 is 1.00 bits per heavy atom. The molecule has 0 aliphatic heterocycles. The Kier molecular flexibility index (Phi) is 5.34. The minimum Gasteiger partial charge on any atom is -0.355 e. The largest absolute Gasteiger partial charge is 0.355 e. The Morgan fingerprint density at radius 3 is 2.48 bits per heavy atom. The molecule has 25 heavy (non-hydrogen) atoms. The maximum atomic E-state index is 4.58. The summed E-state index contributed by atoms with van der Waals surface area (Å²) in [7, 11) is 2.05. The molecular formula is C20H21BrN4. The lowest BCUT2D eigenvalue weighted by Gasteiger charge is -2.20. The second-order valence-corrected chi connectivity index (χ2v) is 7.00. The summed E-state index contributed by atoms with van der Waals surface area (Å²) in [5, 5.41) is 3.40. The molecule has 0 aliphatic rings. The first-order valence-electron chi connectivity index (χ1n) is 8.15. The SMILES string of the molecule is Cc1nc(Nc2ccc(Br)cc2C)cc(N(C)Cc2ccccc2)n1. The number of aromatic nitrogens is 2. The van der Waals surface area contributed by atoms with Crippen molar-refractivity contribution < 1.29 is 0 Å². The molecule has 0 bridgehead atoms. The summed E-state index contributed by atoms with van der Waals surface area (Å²) in [6.07, 6.45) is 0. The van der Waals surface area contributed by atoms with E-state index in [4.69, 9.17) is 0 Å². The third-order valence-electron chi connectivity index (χ3n) is 3.93. The van der Waals surface area contributed by atoms with Crippen LogP contribution in [0.2, 0.25) is 0 Å². The van der Waals surface area contributed by atoms with Crippen LogP contribution >= 0.6 is 15.9 Å². The number of halogens is 1. The molecule has 0 amide bonds. The highest BCUT2D eigenvalue weighted by Gasteiger charge is 2.09. The molecule has 0 saturated carbocycles. The summed E-state index contributed by atoms with van der Waals surface area (Å²) >= 11 is 3.50. The van der Waals surface area contributed by atoms with Gasteiger partial charge in [0, 0.05) is 29.8 Å². The van der Waals surface area contributed by atoms with Crippen LogP contribution in [0.1, 0.15) is 17.0 Å². The Labute approximate surface area is 157 Å². The van der Waals surface area contributed by atoms with Gasteiger partial charge in [0.25, 0.3) is 0 Å². The lowest BCUT2D eigenvalue weighted by molar-refractivity contribution is 0.880. The van der Waals surface area contributed by atoms with Crippen molar-refractivity contribution in [3.8, 4) is 0 Å². The number of aryl methyl sites for hydroxylation is 2. The van der Waals surface area contributed by atoms with Gasteiger partial charge in [-0.05, 0) is 43.2 Å². The molecule has 0 unspecified atom stereocenters. The highest BCUT2D eigenvalue weighted by atomic mass is 79.9. The van der Waals surface area contributed by atoms with Crippen LogP contribution in [-0.2, 0) is 6.54 Å². The summed E-state index contributed by atoms with van der Waals surface area (Å²) in [5.74, 6) is 2.44. The molecule has 0 spiro atoms. The normalized spacial score (nSPS) is 10.6. The van der Waals surface area contributed by atoms with Gasteiger partial charge in [-0.3, -0.25) is 0 Å². The zero-order valence-corrected chi connectivity index (χ0v) is 16.2. The van der Waals surface area contributed by atoms with E-state index in [0.29, 0.717) is 0 Å². The number of nitrogens with one attached hydrogen (secondary N) is 1. The van der Waals surface area contributed by atoms with Gasteiger partial charge >= 0.3 is 0 Å². The van der Waals surface area contributed by atoms with Crippen LogP contribution in [0.5, 0.6) is 0 Å². The molecular weight excluding hydrogens is 376 g/mol. The van der Waals surface area contributed by atoms with Gasteiger partial charge in [-0.1, -0.05) is 46.3 Å². The van der Waals surface area contributed by atoms with Crippen LogP contribution in [0.25, 0.3) is 0 Å². The van der Waals surface area contributed by atoms with E-state index in [1.807, 2.05) is 38.2 Å². The summed E-state index contributed by atoms with van der Waals surface area (Å²) in [6.45, 7) is 4.79. The van der Waals surface area contributed by atoms with Crippen LogP contribution < -0.4 is 10.2 Å². The molecule has 0 saturated heterocycles. The van der Waals surface area contributed by atoms with Crippen LogP contribution in [-0.4, -0.2) is 17.0 Å². The molecule has 3 aromatic rings. The fourth-order valence-corrected chi connectivity index (χ4v) is 3.13. The summed E-state index contributed by atoms with van der Waals surface area (Å²) < 4.78 is 1.07.